The van der Waals surface area contributed by atoms with E-state index < -0.39 is 17.4 Å². The van der Waals surface area contributed by atoms with Gasteiger partial charge in [-0.15, -0.1) is 0 Å². The van der Waals surface area contributed by atoms with Gasteiger partial charge in [-0.2, -0.15) is 0 Å². The van der Waals surface area contributed by atoms with E-state index in [1.807, 2.05) is 30.3 Å². The molecule has 5 nitrogen and oxygen atoms in total. The number of nitrogens with zero attached hydrogens (tertiary/aromatic N) is 1. The third-order valence-corrected chi connectivity index (χ3v) is 3.65. The van der Waals surface area contributed by atoms with Gasteiger partial charge in [0.05, 0.1) is 11.9 Å². The molecule has 0 radical (unpaired) electrons. The van der Waals surface area contributed by atoms with Crippen LogP contribution in [0.2, 0.25) is 0 Å². The fourth-order valence-corrected chi connectivity index (χ4v) is 2.00. The molecule has 1 amide bonds. The minimum absolute atomic E-state index is 0.144. The Morgan fingerprint density at radius 2 is 1.95 bits per heavy atom. The third kappa shape index (κ3) is 3.20. The summed E-state index contributed by atoms with van der Waals surface area (Å²) in [6, 6.07) is 10.8. The van der Waals surface area contributed by atoms with Gasteiger partial charge < -0.3 is 15.5 Å². The average Bonchev–Trinajstić information content (AvgIpc) is 2.49. The van der Waals surface area contributed by atoms with Crippen molar-refractivity contribution >= 4 is 11.6 Å². The lowest BCUT2D eigenvalue weighted by Gasteiger charge is -2.29. The number of anilines is 1. The van der Waals surface area contributed by atoms with E-state index in [4.69, 9.17) is 0 Å². The molecule has 0 spiro atoms. The highest BCUT2D eigenvalue weighted by Gasteiger charge is 2.37. The van der Waals surface area contributed by atoms with Crippen molar-refractivity contribution in [3.05, 3.63) is 54.4 Å². The second-order valence-electron chi connectivity index (χ2n) is 5.13. The van der Waals surface area contributed by atoms with Crippen LogP contribution in [-0.4, -0.2) is 26.7 Å². The van der Waals surface area contributed by atoms with Gasteiger partial charge in [0, 0.05) is 12.1 Å². The van der Waals surface area contributed by atoms with Gasteiger partial charge in [0.25, 0.3) is 5.91 Å². The molecule has 0 fully saturated rings. The first-order chi connectivity index (χ1) is 9.93. The smallest absolute Gasteiger partial charge is 0.256 e. The Morgan fingerprint density at radius 3 is 2.57 bits per heavy atom. The summed E-state index contributed by atoms with van der Waals surface area (Å²) in [5.41, 5.74) is -0.538. The molecule has 110 valence electrons. The molecule has 0 aliphatic heterocycles. The lowest BCUT2D eigenvalue weighted by atomic mass is 9.84. The Bertz CT molecular complexity index is 626. The number of rotatable bonds is 4. The summed E-state index contributed by atoms with van der Waals surface area (Å²) >= 11 is 0. The van der Waals surface area contributed by atoms with E-state index in [0.717, 1.165) is 5.56 Å². The van der Waals surface area contributed by atoms with Crippen molar-refractivity contribution in [1.29, 1.82) is 0 Å². The average molecular weight is 286 g/mol. The maximum atomic E-state index is 12.3. The van der Waals surface area contributed by atoms with Crippen LogP contribution in [0.3, 0.4) is 0 Å². The van der Waals surface area contributed by atoms with Crippen LogP contribution in [0, 0.1) is 0 Å². The van der Waals surface area contributed by atoms with Gasteiger partial charge in [0.2, 0.25) is 0 Å². The molecule has 2 atom stereocenters. The van der Waals surface area contributed by atoms with Crippen molar-refractivity contribution in [2.45, 2.75) is 25.4 Å². The lowest BCUT2D eigenvalue weighted by molar-refractivity contribution is -0.134. The van der Waals surface area contributed by atoms with E-state index in [9.17, 15) is 15.0 Å². The number of aliphatic hydroxyl groups is 1. The summed E-state index contributed by atoms with van der Waals surface area (Å²) in [5.74, 6) is -1.13. The number of benzene rings is 1. The van der Waals surface area contributed by atoms with Gasteiger partial charge in [0.1, 0.15) is 5.60 Å². The predicted octanol–water partition coefficient (Wildman–Crippen LogP) is 2.28. The molecule has 0 saturated heterocycles. The van der Waals surface area contributed by atoms with E-state index in [-0.39, 0.29) is 11.4 Å². The van der Waals surface area contributed by atoms with Crippen LogP contribution in [-0.2, 0) is 4.79 Å². The molecule has 5 heteroatoms. The summed E-state index contributed by atoms with van der Waals surface area (Å²) in [5, 5.41) is 22.7. The Hall–Kier alpha value is -2.40. The second-order valence-corrected chi connectivity index (χ2v) is 5.13. The maximum absolute atomic E-state index is 12.3. The zero-order valence-corrected chi connectivity index (χ0v) is 11.9. The molecule has 0 bridgehead atoms. The second kappa shape index (κ2) is 5.93. The lowest BCUT2D eigenvalue weighted by Crippen LogP contribution is -2.44. The fourth-order valence-electron chi connectivity index (χ4n) is 2.00. The van der Waals surface area contributed by atoms with Gasteiger partial charge in [-0.3, -0.25) is 9.78 Å². The quantitative estimate of drug-likeness (QED) is 0.805. The third-order valence-electron chi connectivity index (χ3n) is 3.65. The zero-order chi connectivity index (χ0) is 15.5. The van der Waals surface area contributed by atoms with E-state index in [1.165, 1.54) is 25.4 Å². The molecule has 21 heavy (non-hydrogen) atoms. The summed E-state index contributed by atoms with van der Waals surface area (Å²) in [6.45, 7) is 3.24. The number of carbonyl (C=O) groups is 1. The summed E-state index contributed by atoms with van der Waals surface area (Å²) in [6.07, 6.45) is 2.68. The first-order valence-electron chi connectivity index (χ1n) is 6.64. The molecular formula is C16H18N2O3. The highest BCUT2D eigenvalue weighted by molar-refractivity contribution is 5.98. The van der Waals surface area contributed by atoms with E-state index in [1.54, 1.807) is 6.92 Å². The van der Waals surface area contributed by atoms with Crippen LogP contribution in [0.5, 0.6) is 5.75 Å². The molecule has 0 saturated carbocycles. The minimum Gasteiger partial charge on any atom is -0.504 e. The highest BCUT2D eigenvalue weighted by atomic mass is 16.3. The first-order valence-corrected chi connectivity index (χ1v) is 6.64. The normalized spacial score (nSPS) is 15.0. The van der Waals surface area contributed by atoms with Gasteiger partial charge in [-0.05, 0) is 18.6 Å². The first kappa shape index (κ1) is 15.0. The van der Waals surface area contributed by atoms with E-state index in [0.29, 0.717) is 0 Å². The van der Waals surface area contributed by atoms with Gasteiger partial charge in [-0.25, -0.2) is 0 Å². The van der Waals surface area contributed by atoms with Crippen LogP contribution in [0.15, 0.2) is 48.8 Å². The topological polar surface area (TPSA) is 82.5 Å². The number of pyridine rings is 1. The maximum Gasteiger partial charge on any atom is 0.256 e. The van der Waals surface area contributed by atoms with E-state index in [2.05, 4.69) is 10.3 Å². The Labute approximate surface area is 123 Å². The summed E-state index contributed by atoms with van der Waals surface area (Å²) < 4.78 is 0. The number of nitrogens with one attached hydrogen (secondary N) is 1. The predicted molar refractivity (Wildman–Crippen MR) is 80.0 cm³/mol. The number of carbonyl (C=O) groups excluding carboxylic acids is 1. The molecule has 1 aromatic carbocycles. The Morgan fingerprint density at radius 1 is 1.29 bits per heavy atom. The van der Waals surface area contributed by atoms with Crippen LogP contribution in [0.4, 0.5) is 5.69 Å². The van der Waals surface area contributed by atoms with Crippen LogP contribution in [0.25, 0.3) is 0 Å². The van der Waals surface area contributed by atoms with Gasteiger partial charge in [0.15, 0.2) is 5.75 Å². The van der Waals surface area contributed by atoms with Gasteiger partial charge >= 0.3 is 0 Å². The summed E-state index contributed by atoms with van der Waals surface area (Å²) in [4.78, 5) is 16.0. The van der Waals surface area contributed by atoms with Crippen molar-refractivity contribution in [2.75, 3.05) is 5.32 Å². The number of hydrogen-bond acceptors (Lipinski definition) is 4. The van der Waals surface area contributed by atoms with Crippen molar-refractivity contribution in [2.24, 2.45) is 0 Å². The Balaban J connectivity index is 2.19. The summed E-state index contributed by atoms with van der Waals surface area (Å²) in [7, 11) is 0. The number of amides is 1. The molecule has 2 rings (SSSR count). The van der Waals surface area contributed by atoms with Gasteiger partial charge in [-0.1, -0.05) is 37.3 Å². The molecular weight excluding hydrogens is 268 g/mol. The number of hydrogen-bond donors (Lipinski definition) is 3. The van der Waals surface area contributed by atoms with Crippen molar-refractivity contribution in [3.8, 4) is 5.75 Å². The largest absolute Gasteiger partial charge is 0.504 e. The number of aromatic nitrogens is 1. The van der Waals surface area contributed by atoms with Crippen molar-refractivity contribution < 1.29 is 15.0 Å². The minimum atomic E-state index is -1.61. The zero-order valence-electron chi connectivity index (χ0n) is 11.9. The van der Waals surface area contributed by atoms with Crippen LogP contribution >= 0.6 is 0 Å². The van der Waals surface area contributed by atoms with Crippen molar-refractivity contribution in [3.63, 3.8) is 0 Å². The molecule has 3 N–H and O–H groups in total. The SMILES string of the molecule is C[C@@H](c1ccccc1)[C@@](C)(O)C(=O)Nc1ccncc1O. The highest BCUT2D eigenvalue weighted by Crippen LogP contribution is 2.30. The molecule has 0 aliphatic rings. The molecule has 0 aliphatic carbocycles. The fraction of sp³-hybridized carbons (Fsp3) is 0.250. The van der Waals surface area contributed by atoms with Crippen molar-refractivity contribution in [1.82, 2.24) is 4.98 Å². The van der Waals surface area contributed by atoms with Crippen LogP contribution < -0.4 is 5.32 Å². The Kier molecular flexibility index (Phi) is 4.23. The monoisotopic (exact) mass is 286 g/mol. The van der Waals surface area contributed by atoms with Crippen LogP contribution in [0.1, 0.15) is 25.3 Å². The molecule has 1 heterocycles. The standard InChI is InChI=1S/C16H18N2O3/c1-11(12-6-4-3-5-7-12)16(2,21)15(20)18-13-8-9-17-10-14(13)19/h3-11,19,21H,1-2H3,(H,17,18,20)/t11-,16+/m0/s1. The molecule has 1 aromatic heterocycles. The van der Waals surface area contributed by atoms with E-state index >= 15 is 0 Å². The molecule has 0 unspecified atom stereocenters. The molecule has 2 aromatic rings. The number of aromatic hydroxyl groups is 1.